The van der Waals surface area contributed by atoms with Crippen molar-refractivity contribution in [3.8, 4) is 0 Å². The molecule has 5 atom stereocenters. The Kier molecular flexibility index (Phi) is 4.11. The second-order valence-electron chi connectivity index (χ2n) is 8.65. The molecule has 1 amide bonds. The third kappa shape index (κ3) is 2.53. The predicted molar refractivity (Wildman–Crippen MR) is 99.8 cm³/mol. The van der Waals surface area contributed by atoms with Gasteiger partial charge in [0, 0.05) is 24.2 Å². The van der Waals surface area contributed by atoms with Gasteiger partial charge in [-0.05, 0) is 63.5 Å². The van der Waals surface area contributed by atoms with Crippen molar-refractivity contribution in [2.75, 3.05) is 19.6 Å². The molecule has 4 saturated heterocycles. The summed E-state index contributed by atoms with van der Waals surface area (Å²) in [5.41, 5.74) is 0.681. The maximum absolute atomic E-state index is 13.3. The van der Waals surface area contributed by atoms with Crippen LogP contribution < -0.4 is 0 Å². The van der Waals surface area contributed by atoms with E-state index in [1.165, 1.54) is 38.8 Å². The Labute approximate surface area is 155 Å². The number of Topliss-reactive ketones (excluding diaryl/α,β-unsaturated/α-hetero) is 1. The van der Waals surface area contributed by atoms with E-state index in [1.54, 1.807) is 0 Å². The molecule has 0 bridgehead atoms. The summed E-state index contributed by atoms with van der Waals surface area (Å²) in [5.74, 6) is 0.897. The minimum atomic E-state index is -0.464. The molecule has 1 aromatic rings. The SMILES string of the molecule is O=C(c1ccccc1)C1CC[C@@H]2[C@H]3CCCN4CCC[C@@H](CN2C1=O)[C@@H]34. The van der Waals surface area contributed by atoms with Gasteiger partial charge >= 0.3 is 0 Å². The van der Waals surface area contributed by atoms with Gasteiger partial charge in [-0.3, -0.25) is 14.5 Å². The summed E-state index contributed by atoms with van der Waals surface area (Å²) in [6, 6.07) is 10.4. The summed E-state index contributed by atoms with van der Waals surface area (Å²) >= 11 is 0. The number of hydrogen-bond acceptors (Lipinski definition) is 3. The van der Waals surface area contributed by atoms with Crippen LogP contribution in [0.5, 0.6) is 0 Å². The molecule has 0 saturated carbocycles. The van der Waals surface area contributed by atoms with Crippen LogP contribution >= 0.6 is 0 Å². The first-order chi connectivity index (χ1) is 12.7. The molecule has 0 spiro atoms. The molecule has 4 fully saturated rings. The Morgan fingerprint density at radius 1 is 0.962 bits per heavy atom. The van der Waals surface area contributed by atoms with E-state index < -0.39 is 5.92 Å². The Hall–Kier alpha value is -1.68. The number of piperidine rings is 4. The highest BCUT2D eigenvalue weighted by Crippen LogP contribution is 2.45. The standard InChI is InChI=1S/C22H28N2O2/c25-21(15-6-2-1-3-7-15)18-10-11-19-17-9-5-13-23-12-4-8-16(20(17)23)14-24(19)22(18)26/h1-3,6-7,16-20H,4-5,8-14H2/t16-,17+,18?,19+,20-/m0/s1. The van der Waals surface area contributed by atoms with Gasteiger partial charge < -0.3 is 4.90 Å². The lowest BCUT2D eigenvalue weighted by molar-refractivity contribution is -0.154. The number of nitrogens with zero attached hydrogens (tertiary/aromatic N) is 2. The Morgan fingerprint density at radius 2 is 1.73 bits per heavy atom. The van der Waals surface area contributed by atoms with Crippen LogP contribution in [0.2, 0.25) is 0 Å². The van der Waals surface area contributed by atoms with E-state index in [9.17, 15) is 9.59 Å². The minimum Gasteiger partial charge on any atom is -0.338 e. The van der Waals surface area contributed by atoms with Gasteiger partial charge in [-0.15, -0.1) is 0 Å². The first kappa shape index (κ1) is 16.5. The van der Waals surface area contributed by atoms with Gasteiger partial charge in [0.05, 0.1) is 0 Å². The highest BCUT2D eigenvalue weighted by Gasteiger charge is 2.52. The van der Waals surface area contributed by atoms with Gasteiger partial charge in [0.25, 0.3) is 0 Å². The number of amides is 1. The Bertz CT molecular complexity index is 701. The lowest BCUT2D eigenvalue weighted by Gasteiger charge is -2.59. The van der Waals surface area contributed by atoms with Crippen molar-refractivity contribution in [3.63, 3.8) is 0 Å². The van der Waals surface area contributed by atoms with Crippen molar-refractivity contribution in [1.82, 2.24) is 9.80 Å². The second kappa shape index (κ2) is 6.49. The Balaban J connectivity index is 1.40. The summed E-state index contributed by atoms with van der Waals surface area (Å²) in [7, 11) is 0. The zero-order valence-corrected chi connectivity index (χ0v) is 15.3. The molecule has 0 aliphatic carbocycles. The molecule has 0 radical (unpaired) electrons. The maximum Gasteiger partial charge on any atom is 0.233 e. The van der Waals surface area contributed by atoms with Gasteiger partial charge in [0.15, 0.2) is 5.78 Å². The lowest BCUT2D eigenvalue weighted by atomic mass is 9.67. The fraction of sp³-hybridized carbons (Fsp3) is 0.636. The number of carbonyl (C=O) groups excluding carboxylic acids is 2. The van der Waals surface area contributed by atoms with E-state index >= 15 is 0 Å². The van der Waals surface area contributed by atoms with Crippen LogP contribution in [0.1, 0.15) is 48.9 Å². The maximum atomic E-state index is 13.3. The van der Waals surface area contributed by atoms with Crippen LogP contribution in [0.4, 0.5) is 0 Å². The minimum absolute atomic E-state index is 0.0186. The van der Waals surface area contributed by atoms with E-state index in [1.807, 2.05) is 30.3 Å². The summed E-state index contributed by atoms with van der Waals surface area (Å²) in [5, 5.41) is 0. The molecule has 4 heteroatoms. The normalized spacial score (nSPS) is 37.0. The molecule has 4 nitrogen and oxygen atoms in total. The highest BCUT2D eigenvalue weighted by atomic mass is 16.2. The van der Waals surface area contributed by atoms with Crippen LogP contribution in [-0.2, 0) is 4.79 Å². The summed E-state index contributed by atoms with van der Waals surface area (Å²) in [6.07, 6.45) is 6.74. The summed E-state index contributed by atoms with van der Waals surface area (Å²) in [4.78, 5) is 31.1. The molecule has 0 N–H and O–H groups in total. The van der Waals surface area contributed by atoms with Gasteiger partial charge in [-0.1, -0.05) is 30.3 Å². The molecule has 0 aromatic heterocycles. The molecule has 1 aromatic carbocycles. The fourth-order valence-corrected chi connectivity index (χ4v) is 6.33. The number of hydrogen-bond donors (Lipinski definition) is 0. The van der Waals surface area contributed by atoms with Gasteiger partial charge in [0.2, 0.25) is 5.91 Å². The van der Waals surface area contributed by atoms with Crippen molar-refractivity contribution in [2.45, 2.75) is 50.6 Å². The van der Waals surface area contributed by atoms with Crippen molar-refractivity contribution in [2.24, 2.45) is 17.8 Å². The largest absolute Gasteiger partial charge is 0.338 e. The van der Waals surface area contributed by atoms with Crippen LogP contribution in [0.15, 0.2) is 30.3 Å². The van der Waals surface area contributed by atoms with Crippen molar-refractivity contribution >= 4 is 11.7 Å². The summed E-state index contributed by atoms with van der Waals surface area (Å²) < 4.78 is 0. The summed E-state index contributed by atoms with van der Waals surface area (Å²) in [6.45, 7) is 3.36. The van der Waals surface area contributed by atoms with Crippen molar-refractivity contribution in [3.05, 3.63) is 35.9 Å². The fourth-order valence-electron chi connectivity index (χ4n) is 6.33. The zero-order valence-electron chi connectivity index (χ0n) is 15.3. The second-order valence-corrected chi connectivity index (χ2v) is 8.65. The molecule has 4 aliphatic heterocycles. The van der Waals surface area contributed by atoms with Crippen LogP contribution in [0.25, 0.3) is 0 Å². The van der Waals surface area contributed by atoms with Crippen molar-refractivity contribution < 1.29 is 9.59 Å². The lowest BCUT2D eigenvalue weighted by Crippen LogP contribution is -2.67. The number of fused-ring (bicyclic) bond motifs is 2. The molecular formula is C22H28N2O2. The number of benzene rings is 1. The Morgan fingerprint density at radius 3 is 2.54 bits per heavy atom. The topological polar surface area (TPSA) is 40.6 Å². The molecule has 4 heterocycles. The zero-order chi connectivity index (χ0) is 17.7. The monoisotopic (exact) mass is 352 g/mol. The van der Waals surface area contributed by atoms with Crippen molar-refractivity contribution in [1.29, 1.82) is 0 Å². The van der Waals surface area contributed by atoms with E-state index in [2.05, 4.69) is 9.80 Å². The third-order valence-corrected chi connectivity index (χ3v) is 7.38. The molecule has 26 heavy (non-hydrogen) atoms. The van der Waals surface area contributed by atoms with E-state index in [-0.39, 0.29) is 11.7 Å². The number of carbonyl (C=O) groups is 2. The van der Waals surface area contributed by atoms with E-state index in [4.69, 9.17) is 0 Å². The smallest absolute Gasteiger partial charge is 0.233 e. The molecule has 4 aliphatic rings. The number of ketones is 1. The predicted octanol–water partition coefficient (Wildman–Crippen LogP) is 2.98. The molecule has 138 valence electrons. The molecule has 1 unspecified atom stereocenters. The average Bonchev–Trinajstić information content (AvgIpc) is 2.69. The van der Waals surface area contributed by atoms with E-state index in [0.717, 1.165) is 19.4 Å². The number of rotatable bonds is 2. The van der Waals surface area contributed by atoms with Gasteiger partial charge in [-0.2, -0.15) is 0 Å². The first-order valence-electron chi connectivity index (χ1n) is 10.4. The van der Waals surface area contributed by atoms with Crippen LogP contribution in [0, 0.1) is 17.8 Å². The average molecular weight is 352 g/mol. The van der Waals surface area contributed by atoms with Crippen LogP contribution in [0.3, 0.4) is 0 Å². The van der Waals surface area contributed by atoms with Crippen LogP contribution in [-0.4, -0.2) is 53.2 Å². The van der Waals surface area contributed by atoms with Gasteiger partial charge in [-0.25, -0.2) is 0 Å². The highest BCUT2D eigenvalue weighted by molar-refractivity contribution is 6.10. The molecule has 5 rings (SSSR count). The quantitative estimate of drug-likeness (QED) is 0.607. The van der Waals surface area contributed by atoms with E-state index in [0.29, 0.717) is 29.5 Å². The molecular weight excluding hydrogens is 324 g/mol. The van der Waals surface area contributed by atoms with Gasteiger partial charge in [0.1, 0.15) is 5.92 Å². The third-order valence-electron chi connectivity index (χ3n) is 7.38. The first-order valence-corrected chi connectivity index (χ1v) is 10.4.